The van der Waals surface area contributed by atoms with E-state index in [0.29, 0.717) is 6.54 Å². The zero-order valence-electron chi connectivity index (χ0n) is 11.4. The predicted molar refractivity (Wildman–Crippen MR) is 79.6 cm³/mol. The Hall–Kier alpha value is -1.88. The highest BCUT2D eigenvalue weighted by molar-refractivity contribution is 7.10. The van der Waals surface area contributed by atoms with E-state index in [1.807, 2.05) is 24.0 Å². The van der Waals surface area contributed by atoms with Crippen molar-refractivity contribution in [2.45, 2.75) is 25.9 Å². The second kappa shape index (κ2) is 5.63. The first-order chi connectivity index (χ1) is 9.74. The molecule has 0 radical (unpaired) electrons. The number of rotatable bonds is 2. The van der Waals surface area contributed by atoms with E-state index in [2.05, 4.69) is 21.7 Å². The Balaban J connectivity index is 1.63. The largest absolute Gasteiger partial charge is 0.331 e. The molecule has 20 heavy (non-hydrogen) atoms. The van der Waals surface area contributed by atoms with E-state index in [9.17, 15) is 4.79 Å². The lowest BCUT2D eigenvalue weighted by atomic mass is 10.1. The SMILES string of the molecule is CC(NC(=O)N1CCc2sccc2C1)c1ccncc1. The van der Waals surface area contributed by atoms with Gasteiger partial charge < -0.3 is 10.2 Å². The van der Waals surface area contributed by atoms with Crippen LogP contribution in [0.25, 0.3) is 0 Å². The lowest BCUT2D eigenvalue weighted by Gasteiger charge is -2.28. The summed E-state index contributed by atoms with van der Waals surface area (Å²) in [4.78, 5) is 19.6. The molecule has 3 heterocycles. The number of carbonyl (C=O) groups is 1. The molecule has 3 rings (SSSR count). The van der Waals surface area contributed by atoms with Gasteiger partial charge in [-0.2, -0.15) is 0 Å². The molecule has 5 heteroatoms. The van der Waals surface area contributed by atoms with E-state index < -0.39 is 0 Å². The highest BCUT2D eigenvalue weighted by atomic mass is 32.1. The van der Waals surface area contributed by atoms with Crippen molar-refractivity contribution in [1.82, 2.24) is 15.2 Å². The van der Waals surface area contributed by atoms with Crippen molar-refractivity contribution in [2.24, 2.45) is 0 Å². The van der Waals surface area contributed by atoms with Crippen LogP contribution in [0.1, 0.15) is 29.0 Å². The molecule has 4 nitrogen and oxygen atoms in total. The highest BCUT2D eigenvalue weighted by Gasteiger charge is 2.22. The third-order valence-corrected chi connectivity index (χ3v) is 4.66. The molecule has 0 bridgehead atoms. The second-order valence-electron chi connectivity index (χ2n) is 4.99. The van der Waals surface area contributed by atoms with Crippen LogP contribution in [0, 0.1) is 0 Å². The van der Waals surface area contributed by atoms with Gasteiger partial charge in [-0.05, 0) is 48.1 Å². The van der Waals surface area contributed by atoms with Crippen LogP contribution in [-0.2, 0) is 13.0 Å². The third kappa shape index (κ3) is 2.67. The van der Waals surface area contributed by atoms with Crippen molar-refractivity contribution >= 4 is 17.4 Å². The zero-order valence-corrected chi connectivity index (χ0v) is 12.2. The van der Waals surface area contributed by atoms with Crippen LogP contribution in [0.3, 0.4) is 0 Å². The summed E-state index contributed by atoms with van der Waals surface area (Å²) in [6.45, 7) is 3.50. The lowest BCUT2D eigenvalue weighted by molar-refractivity contribution is 0.189. The Kier molecular flexibility index (Phi) is 3.69. The van der Waals surface area contributed by atoms with Crippen LogP contribution in [0.5, 0.6) is 0 Å². The summed E-state index contributed by atoms with van der Waals surface area (Å²) < 4.78 is 0. The van der Waals surface area contributed by atoms with Gasteiger partial charge in [-0.25, -0.2) is 4.79 Å². The van der Waals surface area contributed by atoms with Crippen molar-refractivity contribution in [1.29, 1.82) is 0 Å². The van der Waals surface area contributed by atoms with E-state index in [-0.39, 0.29) is 12.1 Å². The van der Waals surface area contributed by atoms with Crippen molar-refractivity contribution in [3.8, 4) is 0 Å². The summed E-state index contributed by atoms with van der Waals surface area (Å²) in [5.74, 6) is 0. The van der Waals surface area contributed by atoms with Crippen LogP contribution >= 0.6 is 11.3 Å². The molecule has 1 atom stereocenters. The lowest BCUT2D eigenvalue weighted by Crippen LogP contribution is -2.43. The maximum Gasteiger partial charge on any atom is 0.318 e. The molecule has 0 spiro atoms. The minimum absolute atomic E-state index is 0.00521. The van der Waals surface area contributed by atoms with E-state index in [4.69, 9.17) is 0 Å². The third-order valence-electron chi connectivity index (χ3n) is 3.64. The summed E-state index contributed by atoms with van der Waals surface area (Å²) in [7, 11) is 0. The number of pyridine rings is 1. The molecular weight excluding hydrogens is 270 g/mol. The summed E-state index contributed by atoms with van der Waals surface area (Å²) in [6, 6.07) is 5.97. The molecule has 0 aromatic carbocycles. The topological polar surface area (TPSA) is 45.2 Å². The summed E-state index contributed by atoms with van der Waals surface area (Å²) in [5, 5.41) is 5.15. The van der Waals surface area contributed by atoms with E-state index in [0.717, 1.165) is 18.5 Å². The first kappa shape index (κ1) is 13.1. The minimum Gasteiger partial charge on any atom is -0.331 e. The molecule has 0 aliphatic carbocycles. The number of carbonyl (C=O) groups excluding carboxylic acids is 1. The quantitative estimate of drug-likeness (QED) is 0.923. The molecule has 0 saturated heterocycles. The van der Waals surface area contributed by atoms with E-state index in [1.165, 1.54) is 10.4 Å². The van der Waals surface area contributed by atoms with Crippen molar-refractivity contribution < 1.29 is 4.79 Å². The Morgan fingerprint density at radius 1 is 1.40 bits per heavy atom. The Labute approximate surface area is 122 Å². The first-order valence-electron chi connectivity index (χ1n) is 6.74. The molecule has 104 valence electrons. The number of nitrogens with zero attached hydrogens (tertiary/aromatic N) is 2. The molecule has 2 amide bonds. The minimum atomic E-state index is -0.00521. The fraction of sp³-hybridized carbons (Fsp3) is 0.333. The molecule has 2 aromatic rings. The van der Waals surface area contributed by atoms with Crippen LogP contribution < -0.4 is 5.32 Å². The van der Waals surface area contributed by atoms with Crippen molar-refractivity contribution in [3.63, 3.8) is 0 Å². The molecule has 0 fully saturated rings. The monoisotopic (exact) mass is 287 g/mol. The van der Waals surface area contributed by atoms with Gasteiger partial charge in [-0.1, -0.05) is 0 Å². The number of amides is 2. The normalized spacial score (nSPS) is 15.6. The van der Waals surface area contributed by atoms with Gasteiger partial charge >= 0.3 is 6.03 Å². The molecule has 0 saturated carbocycles. The maximum absolute atomic E-state index is 12.3. The van der Waals surface area contributed by atoms with Gasteiger partial charge in [0.05, 0.1) is 6.04 Å². The molecule has 1 aliphatic heterocycles. The van der Waals surface area contributed by atoms with Gasteiger partial charge in [0, 0.05) is 30.4 Å². The molecule has 1 unspecified atom stereocenters. The Bertz CT molecular complexity index is 596. The van der Waals surface area contributed by atoms with Gasteiger partial charge in [-0.15, -0.1) is 11.3 Å². The Morgan fingerprint density at radius 3 is 3.00 bits per heavy atom. The number of hydrogen-bond donors (Lipinski definition) is 1. The number of nitrogens with one attached hydrogen (secondary N) is 1. The number of thiophene rings is 1. The number of aromatic nitrogens is 1. The van der Waals surface area contributed by atoms with Crippen LogP contribution in [0.4, 0.5) is 4.79 Å². The van der Waals surface area contributed by atoms with Crippen LogP contribution in [0.15, 0.2) is 36.0 Å². The van der Waals surface area contributed by atoms with E-state index >= 15 is 0 Å². The predicted octanol–water partition coefficient (Wildman–Crippen LogP) is 2.97. The van der Waals surface area contributed by atoms with Gasteiger partial charge in [0.15, 0.2) is 0 Å². The smallest absolute Gasteiger partial charge is 0.318 e. The molecule has 2 aromatic heterocycles. The molecular formula is C15H17N3OS. The first-order valence-corrected chi connectivity index (χ1v) is 7.62. The molecule has 1 N–H and O–H groups in total. The zero-order chi connectivity index (χ0) is 13.9. The van der Waals surface area contributed by atoms with Gasteiger partial charge in [0.1, 0.15) is 0 Å². The standard InChI is InChI=1S/C15H17N3OS/c1-11(12-2-6-16-7-3-12)17-15(19)18-8-4-14-13(10-18)5-9-20-14/h2-3,5-7,9,11H,4,8,10H2,1H3,(H,17,19). The van der Waals surface area contributed by atoms with Crippen molar-refractivity contribution in [2.75, 3.05) is 6.54 Å². The fourth-order valence-corrected chi connectivity index (χ4v) is 3.32. The number of hydrogen-bond acceptors (Lipinski definition) is 3. The number of urea groups is 1. The van der Waals surface area contributed by atoms with Crippen LogP contribution in [-0.4, -0.2) is 22.5 Å². The number of fused-ring (bicyclic) bond motifs is 1. The maximum atomic E-state index is 12.3. The second-order valence-corrected chi connectivity index (χ2v) is 5.99. The van der Waals surface area contributed by atoms with Gasteiger partial charge in [-0.3, -0.25) is 4.98 Å². The Morgan fingerprint density at radius 2 is 2.20 bits per heavy atom. The summed E-state index contributed by atoms with van der Waals surface area (Å²) in [6.07, 6.45) is 4.46. The fourth-order valence-electron chi connectivity index (χ4n) is 2.43. The van der Waals surface area contributed by atoms with Gasteiger partial charge in [0.2, 0.25) is 0 Å². The van der Waals surface area contributed by atoms with Gasteiger partial charge in [0.25, 0.3) is 0 Å². The van der Waals surface area contributed by atoms with E-state index in [1.54, 1.807) is 23.7 Å². The highest BCUT2D eigenvalue weighted by Crippen LogP contribution is 2.24. The average Bonchev–Trinajstić information content (AvgIpc) is 2.95. The van der Waals surface area contributed by atoms with Crippen molar-refractivity contribution in [3.05, 3.63) is 52.0 Å². The summed E-state index contributed by atoms with van der Waals surface area (Å²) >= 11 is 1.78. The summed E-state index contributed by atoms with van der Waals surface area (Å²) in [5.41, 5.74) is 2.36. The average molecular weight is 287 g/mol. The van der Waals surface area contributed by atoms with Crippen LogP contribution in [0.2, 0.25) is 0 Å². The molecule has 1 aliphatic rings.